The van der Waals surface area contributed by atoms with E-state index in [0.29, 0.717) is 18.3 Å². The molecule has 0 aliphatic heterocycles. The number of benzene rings is 1. The van der Waals surface area contributed by atoms with Crippen molar-refractivity contribution in [2.45, 2.75) is 20.5 Å². The molecule has 0 saturated heterocycles. The number of quaternary nitrogens is 1. The smallest absolute Gasteiger partial charge is 0.249 e. The highest BCUT2D eigenvalue weighted by Crippen LogP contribution is 2.20. The second-order valence-electron chi connectivity index (χ2n) is 6.96. The van der Waals surface area contributed by atoms with E-state index in [1.165, 1.54) is 16.2 Å². The molecule has 1 aromatic carbocycles. The Hall–Kier alpha value is -2.29. The molecule has 2 rings (SSSR count). The zero-order chi connectivity index (χ0) is 20.5. The predicted molar refractivity (Wildman–Crippen MR) is 111 cm³/mol. The van der Waals surface area contributed by atoms with Crippen LogP contribution in [0.25, 0.3) is 0 Å². The molecule has 2 amide bonds. The Kier molecular flexibility index (Phi) is 8.56. The lowest BCUT2D eigenvalue weighted by Gasteiger charge is -2.22. The van der Waals surface area contributed by atoms with Gasteiger partial charge in [-0.2, -0.15) is 0 Å². The summed E-state index contributed by atoms with van der Waals surface area (Å²) in [6, 6.07) is 9.69. The van der Waals surface area contributed by atoms with E-state index in [0.717, 1.165) is 22.7 Å². The third-order valence-corrected chi connectivity index (χ3v) is 5.17. The monoisotopic (exact) mass is 405 g/mol. The van der Waals surface area contributed by atoms with E-state index in [9.17, 15) is 9.59 Å². The number of aryl methyl sites for hydroxylation is 2. The van der Waals surface area contributed by atoms with Crippen molar-refractivity contribution in [1.82, 2.24) is 9.88 Å². The maximum Gasteiger partial charge on any atom is 0.249 e. The number of nitrogens with zero attached hydrogens (tertiary/aromatic N) is 2. The van der Waals surface area contributed by atoms with Crippen LogP contribution in [0.15, 0.2) is 30.3 Å². The van der Waals surface area contributed by atoms with Gasteiger partial charge in [0.2, 0.25) is 11.8 Å². The topological polar surface area (TPSA) is 76.0 Å². The summed E-state index contributed by atoms with van der Waals surface area (Å²) < 4.78 is 5.55. The number of thiazole rings is 1. The Morgan fingerprint density at radius 1 is 1.21 bits per heavy atom. The van der Waals surface area contributed by atoms with Crippen LogP contribution < -0.4 is 10.2 Å². The molecule has 2 aromatic rings. The van der Waals surface area contributed by atoms with Gasteiger partial charge in [-0.15, -0.1) is 11.3 Å². The number of hydrogen-bond donors (Lipinski definition) is 2. The van der Waals surface area contributed by atoms with Crippen LogP contribution >= 0.6 is 11.3 Å². The summed E-state index contributed by atoms with van der Waals surface area (Å²) in [6.45, 7) is 5.39. The molecule has 0 bridgehead atoms. The Balaban J connectivity index is 1.89. The fraction of sp³-hybridized carbons (Fsp3) is 0.450. The first kappa shape index (κ1) is 22.0. The lowest BCUT2D eigenvalue weighted by molar-refractivity contribution is -0.857. The summed E-state index contributed by atoms with van der Waals surface area (Å²) in [4.78, 5) is 33.1. The lowest BCUT2D eigenvalue weighted by Crippen LogP contribution is -3.06. The number of nitrogens with one attached hydrogen (secondary N) is 2. The predicted octanol–water partition coefficient (Wildman–Crippen LogP) is 0.888. The number of ether oxygens (including phenoxy) is 1. The van der Waals surface area contributed by atoms with Crippen LogP contribution in [0.3, 0.4) is 0 Å². The highest BCUT2D eigenvalue weighted by Gasteiger charge is 2.19. The molecule has 2 N–H and O–H groups in total. The van der Waals surface area contributed by atoms with Crippen molar-refractivity contribution in [3.05, 3.63) is 46.5 Å². The van der Waals surface area contributed by atoms with Gasteiger partial charge in [-0.25, -0.2) is 4.98 Å². The van der Waals surface area contributed by atoms with Crippen molar-refractivity contribution in [3.8, 4) is 0 Å². The molecule has 8 heteroatoms. The molecule has 0 aliphatic rings. The van der Waals surface area contributed by atoms with Gasteiger partial charge in [0.15, 0.2) is 5.13 Å². The first-order valence-corrected chi connectivity index (χ1v) is 10.1. The van der Waals surface area contributed by atoms with Gasteiger partial charge in [0.05, 0.1) is 39.5 Å². The second-order valence-corrected chi connectivity index (χ2v) is 8.16. The lowest BCUT2D eigenvalue weighted by atomic mass is 10.2. The molecule has 0 atom stereocenters. The van der Waals surface area contributed by atoms with Crippen LogP contribution in [-0.2, 0) is 20.9 Å². The van der Waals surface area contributed by atoms with E-state index in [-0.39, 0.29) is 25.0 Å². The number of carbonyl (C=O) groups excluding carboxylic acids is 2. The van der Waals surface area contributed by atoms with Crippen LogP contribution in [-0.4, -0.2) is 62.0 Å². The van der Waals surface area contributed by atoms with Crippen LogP contribution in [0.2, 0.25) is 0 Å². The fourth-order valence-corrected chi connectivity index (χ4v) is 3.26. The second kappa shape index (κ2) is 10.9. The molecule has 152 valence electrons. The minimum absolute atomic E-state index is 0.0154. The van der Waals surface area contributed by atoms with Crippen molar-refractivity contribution in [1.29, 1.82) is 0 Å². The van der Waals surface area contributed by atoms with Gasteiger partial charge in [0.25, 0.3) is 0 Å². The molecule has 0 fully saturated rings. The van der Waals surface area contributed by atoms with Gasteiger partial charge in [-0.1, -0.05) is 30.3 Å². The van der Waals surface area contributed by atoms with Crippen molar-refractivity contribution in [2.24, 2.45) is 0 Å². The molecule has 1 heterocycles. The Morgan fingerprint density at radius 2 is 1.93 bits per heavy atom. The van der Waals surface area contributed by atoms with Gasteiger partial charge in [-0.05, 0) is 19.4 Å². The van der Waals surface area contributed by atoms with Crippen molar-refractivity contribution < 1.29 is 19.2 Å². The summed E-state index contributed by atoms with van der Waals surface area (Å²) in [7, 11) is 4.02. The average molecular weight is 406 g/mol. The largest absolute Gasteiger partial charge is 0.367 e. The highest BCUT2D eigenvalue weighted by atomic mass is 32.1. The van der Waals surface area contributed by atoms with Crippen molar-refractivity contribution in [3.63, 3.8) is 0 Å². The molecular weight excluding hydrogens is 376 g/mol. The van der Waals surface area contributed by atoms with Crippen LogP contribution in [0.5, 0.6) is 0 Å². The zero-order valence-electron chi connectivity index (χ0n) is 16.9. The van der Waals surface area contributed by atoms with Gasteiger partial charge in [0.1, 0.15) is 13.2 Å². The number of hydrogen-bond acceptors (Lipinski definition) is 5. The molecule has 0 radical (unpaired) electrons. The van der Waals surface area contributed by atoms with E-state index < -0.39 is 0 Å². The number of amides is 2. The summed E-state index contributed by atoms with van der Waals surface area (Å²) in [5, 5.41) is 3.35. The van der Waals surface area contributed by atoms with Crippen molar-refractivity contribution in [2.75, 3.05) is 45.7 Å². The third kappa shape index (κ3) is 7.38. The van der Waals surface area contributed by atoms with E-state index >= 15 is 0 Å². The van der Waals surface area contributed by atoms with Gasteiger partial charge in [-0.3, -0.25) is 9.59 Å². The normalized spacial score (nSPS) is 10.9. The molecule has 0 spiro atoms. The standard InChI is InChI=1S/C20H28N4O3S/c1-15-16(2)28-20(21-15)22-18(25)12-24(11-10-23(3)4)19(26)14-27-13-17-8-6-5-7-9-17/h5-9H,10-14H2,1-4H3,(H,21,22,25)/p+1. The number of anilines is 1. The quantitative estimate of drug-likeness (QED) is 0.616. The first-order chi connectivity index (χ1) is 13.3. The van der Waals surface area contributed by atoms with Crippen molar-refractivity contribution >= 4 is 28.3 Å². The first-order valence-electron chi connectivity index (χ1n) is 9.27. The fourth-order valence-electron chi connectivity index (χ4n) is 2.43. The van der Waals surface area contributed by atoms with E-state index in [2.05, 4.69) is 10.3 Å². The number of rotatable bonds is 10. The minimum Gasteiger partial charge on any atom is -0.367 e. The maximum absolute atomic E-state index is 12.6. The molecule has 7 nitrogen and oxygen atoms in total. The highest BCUT2D eigenvalue weighted by molar-refractivity contribution is 7.15. The zero-order valence-corrected chi connectivity index (χ0v) is 17.8. The van der Waals surface area contributed by atoms with Crippen LogP contribution in [0.4, 0.5) is 5.13 Å². The van der Waals surface area contributed by atoms with Crippen LogP contribution in [0, 0.1) is 13.8 Å². The molecular formula is C20H29N4O3S+. The van der Waals surface area contributed by atoms with E-state index in [1.54, 1.807) is 4.90 Å². The summed E-state index contributed by atoms with van der Waals surface area (Å²) in [5.74, 6) is -0.447. The summed E-state index contributed by atoms with van der Waals surface area (Å²) >= 11 is 1.43. The number of likely N-dealkylation sites (N-methyl/N-ethyl adjacent to an activating group) is 1. The van der Waals surface area contributed by atoms with Gasteiger partial charge in [0, 0.05) is 4.88 Å². The molecule has 0 unspecified atom stereocenters. The summed E-state index contributed by atoms with van der Waals surface area (Å²) in [6.07, 6.45) is 0. The molecule has 1 aromatic heterocycles. The maximum atomic E-state index is 12.6. The van der Waals surface area contributed by atoms with E-state index in [4.69, 9.17) is 4.74 Å². The SMILES string of the molecule is Cc1nc(NC(=O)CN(CC[NH+](C)C)C(=O)COCc2ccccc2)sc1C. The molecule has 28 heavy (non-hydrogen) atoms. The van der Waals surface area contributed by atoms with E-state index in [1.807, 2.05) is 58.3 Å². The Bertz CT molecular complexity index is 758. The Labute approximate surface area is 170 Å². The van der Waals surface area contributed by atoms with Gasteiger partial charge < -0.3 is 19.9 Å². The van der Waals surface area contributed by atoms with Crippen LogP contribution in [0.1, 0.15) is 16.1 Å². The molecule has 0 aliphatic carbocycles. The average Bonchev–Trinajstić information content (AvgIpc) is 2.96. The summed E-state index contributed by atoms with van der Waals surface area (Å²) in [5.41, 5.74) is 1.91. The number of aromatic nitrogens is 1. The number of carbonyl (C=O) groups is 2. The minimum atomic E-state index is -0.251. The third-order valence-electron chi connectivity index (χ3n) is 4.18. The Morgan fingerprint density at radius 3 is 2.54 bits per heavy atom. The molecule has 0 saturated carbocycles. The van der Waals surface area contributed by atoms with Gasteiger partial charge >= 0.3 is 0 Å².